The quantitative estimate of drug-likeness (QED) is 0.904. The third-order valence-corrected chi connectivity index (χ3v) is 3.30. The van der Waals surface area contributed by atoms with Crippen LogP contribution in [0, 0.1) is 5.82 Å². The van der Waals surface area contributed by atoms with Gasteiger partial charge in [-0.15, -0.1) is 0 Å². The van der Waals surface area contributed by atoms with Crippen molar-refractivity contribution in [3.63, 3.8) is 0 Å². The Balaban J connectivity index is 2.44. The molecule has 0 heterocycles. The van der Waals surface area contributed by atoms with Gasteiger partial charge in [-0.2, -0.15) is 0 Å². The van der Waals surface area contributed by atoms with Crippen LogP contribution in [0.1, 0.15) is 17.0 Å². The van der Waals surface area contributed by atoms with Crippen molar-refractivity contribution >= 4 is 11.6 Å². The van der Waals surface area contributed by atoms with E-state index in [4.69, 9.17) is 17.3 Å². The van der Waals surface area contributed by atoms with E-state index in [1.165, 1.54) is 12.1 Å². The lowest BCUT2D eigenvalue weighted by molar-refractivity contribution is 0.164. The number of nitrogens with two attached hydrogens (primary N) is 1. The molecule has 0 saturated carbocycles. The van der Waals surface area contributed by atoms with Gasteiger partial charge in [-0.3, -0.25) is 0 Å². The topological polar surface area (TPSA) is 46.2 Å². The van der Waals surface area contributed by atoms with Crippen LogP contribution in [-0.2, 0) is 0 Å². The Kier molecular flexibility index (Phi) is 4.53. The van der Waals surface area contributed by atoms with E-state index in [0.717, 1.165) is 11.1 Å². The number of aliphatic hydroxyl groups is 1. The van der Waals surface area contributed by atoms with E-state index in [1.54, 1.807) is 24.3 Å². The average Bonchev–Trinajstić information content (AvgIpc) is 2.41. The molecule has 0 amide bonds. The van der Waals surface area contributed by atoms with Gasteiger partial charge in [0, 0.05) is 17.5 Å². The molecule has 3 N–H and O–H groups in total. The SMILES string of the molecule is NCC(O)C(c1ccc(F)cc1)c1cccc(Cl)c1. The Morgan fingerprint density at radius 3 is 2.37 bits per heavy atom. The summed E-state index contributed by atoms with van der Waals surface area (Å²) in [6.45, 7) is 0.120. The predicted molar refractivity (Wildman–Crippen MR) is 74.8 cm³/mol. The molecule has 2 nitrogen and oxygen atoms in total. The molecule has 0 saturated heterocycles. The fraction of sp³-hybridized carbons (Fsp3) is 0.200. The summed E-state index contributed by atoms with van der Waals surface area (Å²) in [7, 11) is 0. The molecule has 0 aliphatic carbocycles. The zero-order valence-corrected chi connectivity index (χ0v) is 11.0. The lowest BCUT2D eigenvalue weighted by Gasteiger charge is -2.23. The molecule has 2 aromatic carbocycles. The van der Waals surface area contributed by atoms with Gasteiger partial charge in [0.25, 0.3) is 0 Å². The Morgan fingerprint density at radius 2 is 1.79 bits per heavy atom. The minimum absolute atomic E-state index is 0.120. The molecule has 2 aromatic rings. The molecule has 0 aliphatic rings. The summed E-state index contributed by atoms with van der Waals surface area (Å²) in [6, 6.07) is 13.3. The van der Waals surface area contributed by atoms with Gasteiger partial charge in [0.15, 0.2) is 0 Å². The molecule has 2 unspecified atom stereocenters. The highest BCUT2D eigenvalue weighted by Gasteiger charge is 2.22. The molecule has 0 radical (unpaired) electrons. The molecular weight excluding hydrogens is 265 g/mol. The normalized spacial score (nSPS) is 14.1. The Morgan fingerprint density at radius 1 is 1.11 bits per heavy atom. The van der Waals surface area contributed by atoms with E-state index in [0.29, 0.717) is 5.02 Å². The molecule has 4 heteroatoms. The molecule has 0 spiro atoms. The smallest absolute Gasteiger partial charge is 0.123 e. The molecule has 0 aromatic heterocycles. The number of rotatable bonds is 4. The maximum atomic E-state index is 13.0. The second kappa shape index (κ2) is 6.15. The van der Waals surface area contributed by atoms with E-state index >= 15 is 0 Å². The molecule has 0 fully saturated rings. The van der Waals surface area contributed by atoms with Crippen LogP contribution in [-0.4, -0.2) is 17.8 Å². The number of halogens is 2. The molecular formula is C15H15ClFNO. The number of hydrogen-bond donors (Lipinski definition) is 2. The summed E-state index contributed by atoms with van der Waals surface area (Å²) in [5.41, 5.74) is 7.22. The Hall–Kier alpha value is -1.42. The van der Waals surface area contributed by atoms with Crippen molar-refractivity contribution in [2.45, 2.75) is 12.0 Å². The molecule has 2 rings (SSSR count). The average molecular weight is 280 g/mol. The van der Waals surface area contributed by atoms with Gasteiger partial charge in [0.2, 0.25) is 0 Å². The summed E-state index contributed by atoms with van der Waals surface area (Å²) in [5, 5.41) is 10.7. The molecule has 19 heavy (non-hydrogen) atoms. The van der Waals surface area contributed by atoms with Crippen LogP contribution in [0.15, 0.2) is 48.5 Å². The van der Waals surface area contributed by atoms with Crippen LogP contribution in [0.3, 0.4) is 0 Å². The number of benzene rings is 2. The Bertz CT molecular complexity index is 544. The second-order valence-corrected chi connectivity index (χ2v) is 4.82. The van der Waals surface area contributed by atoms with Crippen molar-refractivity contribution in [1.29, 1.82) is 0 Å². The van der Waals surface area contributed by atoms with Crippen LogP contribution < -0.4 is 5.73 Å². The maximum Gasteiger partial charge on any atom is 0.123 e. The van der Waals surface area contributed by atoms with E-state index in [9.17, 15) is 9.50 Å². The molecule has 100 valence electrons. The number of aliphatic hydroxyl groups excluding tert-OH is 1. The van der Waals surface area contributed by atoms with Crippen molar-refractivity contribution in [3.05, 3.63) is 70.5 Å². The fourth-order valence-corrected chi connectivity index (χ4v) is 2.34. The van der Waals surface area contributed by atoms with Crippen LogP contribution in [0.25, 0.3) is 0 Å². The first kappa shape index (κ1) is 14.0. The highest BCUT2D eigenvalue weighted by Crippen LogP contribution is 2.29. The lowest BCUT2D eigenvalue weighted by Crippen LogP contribution is -2.28. The molecule has 0 bridgehead atoms. The summed E-state index contributed by atoms with van der Waals surface area (Å²) in [5.74, 6) is -0.625. The fourth-order valence-electron chi connectivity index (χ4n) is 2.14. The standard InChI is InChI=1S/C15H15ClFNO/c16-12-3-1-2-11(8-12)15(14(19)9-18)10-4-6-13(17)7-5-10/h1-8,14-15,19H,9,18H2. The van der Waals surface area contributed by atoms with Gasteiger partial charge in [-0.1, -0.05) is 35.9 Å². The molecule has 0 aliphatic heterocycles. The Labute approximate surface area is 116 Å². The van der Waals surface area contributed by atoms with E-state index in [1.807, 2.05) is 12.1 Å². The van der Waals surface area contributed by atoms with Crippen LogP contribution >= 0.6 is 11.6 Å². The van der Waals surface area contributed by atoms with Gasteiger partial charge < -0.3 is 10.8 Å². The predicted octanol–water partition coefficient (Wildman–Crippen LogP) is 2.93. The zero-order valence-electron chi connectivity index (χ0n) is 10.3. The van der Waals surface area contributed by atoms with Crippen molar-refractivity contribution in [2.24, 2.45) is 5.73 Å². The van der Waals surface area contributed by atoms with Crippen molar-refractivity contribution in [1.82, 2.24) is 0 Å². The monoisotopic (exact) mass is 279 g/mol. The first-order chi connectivity index (χ1) is 9.11. The highest BCUT2D eigenvalue weighted by atomic mass is 35.5. The summed E-state index contributed by atoms with van der Waals surface area (Å²) in [4.78, 5) is 0. The largest absolute Gasteiger partial charge is 0.391 e. The van der Waals surface area contributed by atoms with Gasteiger partial charge in [-0.05, 0) is 35.4 Å². The summed E-state index contributed by atoms with van der Waals surface area (Å²) >= 11 is 5.98. The lowest BCUT2D eigenvalue weighted by atomic mass is 9.86. The van der Waals surface area contributed by atoms with Gasteiger partial charge in [0.05, 0.1) is 6.10 Å². The van der Waals surface area contributed by atoms with E-state index in [2.05, 4.69) is 0 Å². The summed E-state index contributed by atoms with van der Waals surface area (Å²) in [6.07, 6.45) is -0.746. The number of hydrogen-bond acceptors (Lipinski definition) is 2. The third-order valence-electron chi connectivity index (χ3n) is 3.06. The van der Waals surface area contributed by atoms with Crippen molar-refractivity contribution < 1.29 is 9.50 Å². The first-order valence-corrected chi connectivity index (χ1v) is 6.38. The van der Waals surface area contributed by atoms with Gasteiger partial charge >= 0.3 is 0 Å². The third kappa shape index (κ3) is 3.32. The van der Waals surface area contributed by atoms with Gasteiger partial charge in [-0.25, -0.2) is 4.39 Å². The van der Waals surface area contributed by atoms with Crippen LogP contribution in [0.4, 0.5) is 4.39 Å². The van der Waals surface area contributed by atoms with Gasteiger partial charge in [0.1, 0.15) is 5.82 Å². The highest BCUT2D eigenvalue weighted by molar-refractivity contribution is 6.30. The van der Waals surface area contributed by atoms with E-state index < -0.39 is 6.10 Å². The maximum absolute atomic E-state index is 13.0. The zero-order chi connectivity index (χ0) is 13.8. The summed E-state index contributed by atoms with van der Waals surface area (Å²) < 4.78 is 13.0. The van der Waals surface area contributed by atoms with E-state index in [-0.39, 0.29) is 18.3 Å². The first-order valence-electron chi connectivity index (χ1n) is 6.01. The van der Waals surface area contributed by atoms with Crippen LogP contribution in [0.5, 0.6) is 0 Å². The van der Waals surface area contributed by atoms with Crippen LogP contribution in [0.2, 0.25) is 5.02 Å². The van der Waals surface area contributed by atoms with Crippen molar-refractivity contribution in [2.75, 3.05) is 6.54 Å². The minimum Gasteiger partial charge on any atom is -0.391 e. The minimum atomic E-state index is -0.746. The van der Waals surface area contributed by atoms with Crippen molar-refractivity contribution in [3.8, 4) is 0 Å². The second-order valence-electron chi connectivity index (χ2n) is 4.39. The molecule has 2 atom stereocenters.